The molecule has 0 aromatic rings. The van der Waals surface area contributed by atoms with E-state index in [-0.39, 0.29) is 0 Å². The first kappa shape index (κ1) is 7.59. The normalized spacial score (nSPS) is 20.4. The van der Waals surface area contributed by atoms with Crippen molar-refractivity contribution in [2.24, 2.45) is 5.92 Å². The smallest absolute Gasteiger partial charge is 0.0203 e. The van der Waals surface area contributed by atoms with Gasteiger partial charge in [-0.25, -0.2) is 0 Å². The molecule has 0 heterocycles. The van der Waals surface area contributed by atoms with Crippen molar-refractivity contribution < 1.29 is 0 Å². The van der Waals surface area contributed by atoms with E-state index in [0.717, 1.165) is 5.92 Å². The van der Waals surface area contributed by atoms with Gasteiger partial charge in [0.25, 0.3) is 0 Å². The topological polar surface area (TPSA) is 0 Å². The second-order valence-electron chi connectivity index (χ2n) is 3.36. The van der Waals surface area contributed by atoms with Crippen LogP contribution < -0.4 is 0 Å². The standard InChI is InChI=1S/C10H16/c1-8(2)7-9(3)10-5-4-6-10/h7,10H,1,4-6H2,2-3H3/b9-7-. The van der Waals surface area contributed by atoms with Crippen molar-refractivity contribution in [3.05, 3.63) is 23.8 Å². The molecule has 1 fully saturated rings. The number of hydrogen-bond acceptors (Lipinski definition) is 0. The van der Waals surface area contributed by atoms with E-state index in [4.69, 9.17) is 0 Å². The van der Waals surface area contributed by atoms with E-state index in [0.29, 0.717) is 0 Å². The maximum Gasteiger partial charge on any atom is -0.0203 e. The lowest BCUT2D eigenvalue weighted by molar-refractivity contribution is 0.368. The third-order valence-electron chi connectivity index (χ3n) is 2.22. The van der Waals surface area contributed by atoms with Crippen molar-refractivity contribution in [1.29, 1.82) is 0 Å². The van der Waals surface area contributed by atoms with Gasteiger partial charge in [0, 0.05) is 0 Å². The first-order chi connectivity index (χ1) is 4.70. The van der Waals surface area contributed by atoms with Gasteiger partial charge in [0.1, 0.15) is 0 Å². The van der Waals surface area contributed by atoms with Gasteiger partial charge in [-0.15, -0.1) is 0 Å². The zero-order valence-electron chi connectivity index (χ0n) is 6.98. The Balaban J connectivity index is 2.45. The Hall–Kier alpha value is -0.520. The van der Waals surface area contributed by atoms with Crippen LogP contribution in [0.2, 0.25) is 0 Å². The Bertz CT molecular complexity index is 159. The average molecular weight is 136 g/mol. The van der Waals surface area contributed by atoms with E-state index >= 15 is 0 Å². The van der Waals surface area contributed by atoms with E-state index in [1.807, 2.05) is 0 Å². The lowest BCUT2D eigenvalue weighted by Crippen LogP contribution is -2.11. The maximum absolute atomic E-state index is 3.86. The van der Waals surface area contributed by atoms with Gasteiger partial charge in [0.15, 0.2) is 0 Å². The van der Waals surface area contributed by atoms with E-state index in [1.54, 1.807) is 0 Å². The highest BCUT2D eigenvalue weighted by molar-refractivity contribution is 5.20. The molecule has 1 rings (SSSR count). The van der Waals surface area contributed by atoms with Crippen LogP contribution in [-0.2, 0) is 0 Å². The third kappa shape index (κ3) is 1.73. The third-order valence-corrected chi connectivity index (χ3v) is 2.22. The molecule has 0 aromatic heterocycles. The van der Waals surface area contributed by atoms with Crippen LogP contribution in [0, 0.1) is 5.92 Å². The quantitative estimate of drug-likeness (QED) is 0.511. The molecule has 1 saturated carbocycles. The summed E-state index contributed by atoms with van der Waals surface area (Å²) in [6, 6.07) is 0. The molecule has 0 unspecified atom stereocenters. The summed E-state index contributed by atoms with van der Waals surface area (Å²) in [4.78, 5) is 0. The van der Waals surface area contributed by atoms with Crippen molar-refractivity contribution in [3.8, 4) is 0 Å². The molecule has 1 aliphatic rings. The van der Waals surface area contributed by atoms with Crippen LogP contribution in [0.15, 0.2) is 23.8 Å². The van der Waals surface area contributed by atoms with Crippen LogP contribution in [-0.4, -0.2) is 0 Å². The molecule has 0 nitrogen and oxygen atoms in total. The molecule has 0 bridgehead atoms. The van der Waals surface area contributed by atoms with Gasteiger partial charge in [-0.3, -0.25) is 0 Å². The summed E-state index contributed by atoms with van der Waals surface area (Å²) in [5, 5.41) is 0. The molecular weight excluding hydrogens is 120 g/mol. The molecule has 0 N–H and O–H groups in total. The van der Waals surface area contributed by atoms with Crippen LogP contribution >= 0.6 is 0 Å². The molecule has 0 heteroatoms. The lowest BCUT2D eigenvalue weighted by Gasteiger charge is -2.26. The summed E-state index contributed by atoms with van der Waals surface area (Å²) in [5.41, 5.74) is 2.71. The summed E-state index contributed by atoms with van der Waals surface area (Å²) in [6.45, 7) is 8.14. The second-order valence-corrected chi connectivity index (χ2v) is 3.36. The molecule has 0 aliphatic heterocycles. The highest BCUT2D eigenvalue weighted by Crippen LogP contribution is 2.32. The Morgan fingerprint density at radius 2 is 2.00 bits per heavy atom. The molecule has 10 heavy (non-hydrogen) atoms. The minimum atomic E-state index is 0.886. The van der Waals surface area contributed by atoms with E-state index in [2.05, 4.69) is 26.5 Å². The van der Waals surface area contributed by atoms with Crippen molar-refractivity contribution in [1.82, 2.24) is 0 Å². The minimum Gasteiger partial charge on any atom is -0.0961 e. The largest absolute Gasteiger partial charge is 0.0961 e. The zero-order chi connectivity index (χ0) is 7.56. The monoisotopic (exact) mass is 136 g/mol. The molecule has 0 saturated heterocycles. The van der Waals surface area contributed by atoms with Gasteiger partial charge in [-0.05, 0) is 32.6 Å². The fourth-order valence-electron chi connectivity index (χ4n) is 1.37. The van der Waals surface area contributed by atoms with E-state index in [1.165, 1.54) is 30.4 Å². The summed E-state index contributed by atoms with van der Waals surface area (Å²) in [6.07, 6.45) is 6.43. The Morgan fingerprint density at radius 1 is 1.40 bits per heavy atom. The highest BCUT2D eigenvalue weighted by atomic mass is 14.2. The number of allylic oxidation sites excluding steroid dienone is 3. The maximum atomic E-state index is 3.86. The van der Waals surface area contributed by atoms with Crippen LogP contribution in [0.3, 0.4) is 0 Å². The summed E-state index contributed by atoms with van der Waals surface area (Å²) in [5.74, 6) is 0.886. The summed E-state index contributed by atoms with van der Waals surface area (Å²) >= 11 is 0. The molecule has 1 aliphatic carbocycles. The van der Waals surface area contributed by atoms with Gasteiger partial charge >= 0.3 is 0 Å². The van der Waals surface area contributed by atoms with Gasteiger partial charge in [-0.1, -0.05) is 30.2 Å². The zero-order valence-corrected chi connectivity index (χ0v) is 6.98. The van der Waals surface area contributed by atoms with Crippen LogP contribution in [0.4, 0.5) is 0 Å². The molecule has 56 valence electrons. The van der Waals surface area contributed by atoms with Gasteiger partial charge in [-0.2, -0.15) is 0 Å². The molecule has 0 amide bonds. The van der Waals surface area contributed by atoms with Crippen molar-refractivity contribution in [2.45, 2.75) is 33.1 Å². The first-order valence-corrected chi connectivity index (χ1v) is 4.04. The fraction of sp³-hybridized carbons (Fsp3) is 0.600. The van der Waals surface area contributed by atoms with Gasteiger partial charge in [0.2, 0.25) is 0 Å². The molecule has 0 atom stereocenters. The SMILES string of the molecule is C=C(C)/C=C(/C)C1CCC1. The van der Waals surface area contributed by atoms with Gasteiger partial charge in [0.05, 0.1) is 0 Å². The van der Waals surface area contributed by atoms with Crippen LogP contribution in [0.5, 0.6) is 0 Å². The van der Waals surface area contributed by atoms with Crippen LogP contribution in [0.1, 0.15) is 33.1 Å². The Kier molecular flexibility index (Phi) is 2.31. The molecular formula is C10H16. The first-order valence-electron chi connectivity index (χ1n) is 4.04. The van der Waals surface area contributed by atoms with E-state index < -0.39 is 0 Å². The lowest BCUT2D eigenvalue weighted by atomic mass is 9.80. The van der Waals surface area contributed by atoms with E-state index in [9.17, 15) is 0 Å². The fourth-order valence-corrected chi connectivity index (χ4v) is 1.37. The van der Waals surface area contributed by atoms with Crippen molar-refractivity contribution in [3.63, 3.8) is 0 Å². The Morgan fingerprint density at radius 3 is 2.30 bits per heavy atom. The minimum absolute atomic E-state index is 0.886. The van der Waals surface area contributed by atoms with Crippen LogP contribution in [0.25, 0.3) is 0 Å². The molecule has 0 radical (unpaired) electrons. The predicted molar refractivity (Wildman–Crippen MR) is 45.9 cm³/mol. The number of rotatable bonds is 2. The molecule has 0 aromatic carbocycles. The van der Waals surface area contributed by atoms with Crippen molar-refractivity contribution in [2.75, 3.05) is 0 Å². The Labute approximate surface area is 63.6 Å². The average Bonchev–Trinajstić information content (AvgIpc) is 1.55. The summed E-state index contributed by atoms with van der Waals surface area (Å²) in [7, 11) is 0. The van der Waals surface area contributed by atoms with Gasteiger partial charge < -0.3 is 0 Å². The number of hydrogen-bond donors (Lipinski definition) is 0. The predicted octanol–water partition coefficient (Wildman–Crippen LogP) is 3.31. The van der Waals surface area contributed by atoms with Crippen molar-refractivity contribution >= 4 is 0 Å². The summed E-state index contributed by atoms with van der Waals surface area (Å²) < 4.78 is 0. The second kappa shape index (κ2) is 3.05. The highest BCUT2D eigenvalue weighted by Gasteiger charge is 2.18. The molecule has 0 spiro atoms.